The highest BCUT2D eigenvalue weighted by Gasteiger charge is 2.33. The lowest BCUT2D eigenvalue weighted by atomic mass is 9.92. The molecule has 0 bridgehead atoms. The SMILES string of the molecule is OC1(COc2ccccc2F)CCN(Cc2ccc(OCCN3CCCC3)cc2)CC1. The highest BCUT2D eigenvalue weighted by Crippen LogP contribution is 2.26. The zero-order chi connectivity index (χ0) is 21.5. The molecule has 31 heavy (non-hydrogen) atoms. The molecule has 6 heteroatoms. The van der Waals surface area contributed by atoms with Crippen molar-refractivity contribution >= 4 is 0 Å². The van der Waals surface area contributed by atoms with Crippen molar-refractivity contribution in [2.75, 3.05) is 45.9 Å². The molecule has 1 N–H and O–H groups in total. The van der Waals surface area contributed by atoms with Gasteiger partial charge in [0.2, 0.25) is 0 Å². The predicted molar refractivity (Wildman–Crippen MR) is 119 cm³/mol. The number of hydrogen-bond donors (Lipinski definition) is 1. The summed E-state index contributed by atoms with van der Waals surface area (Å²) in [5, 5.41) is 10.8. The average Bonchev–Trinajstić information content (AvgIpc) is 3.30. The van der Waals surface area contributed by atoms with Crippen LogP contribution in [0.2, 0.25) is 0 Å². The van der Waals surface area contributed by atoms with Gasteiger partial charge in [0.1, 0.15) is 24.6 Å². The van der Waals surface area contributed by atoms with E-state index in [0.29, 0.717) is 12.8 Å². The lowest BCUT2D eigenvalue weighted by Gasteiger charge is -2.38. The second kappa shape index (κ2) is 10.4. The second-order valence-corrected chi connectivity index (χ2v) is 8.76. The van der Waals surface area contributed by atoms with Crippen LogP contribution in [0.15, 0.2) is 48.5 Å². The summed E-state index contributed by atoms with van der Waals surface area (Å²) in [5.74, 6) is 0.717. The number of piperidine rings is 1. The van der Waals surface area contributed by atoms with Gasteiger partial charge in [-0.15, -0.1) is 0 Å². The van der Waals surface area contributed by atoms with E-state index in [2.05, 4.69) is 21.9 Å². The number of likely N-dealkylation sites (tertiary alicyclic amines) is 2. The molecular weight excluding hydrogens is 395 g/mol. The molecule has 0 radical (unpaired) electrons. The van der Waals surface area contributed by atoms with Gasteiger partial charge in [0.15, 0.2) is 11.6 Å². The fourth-order valence-electron chi connectivity index (χ4n) is 4.29. The van der Waals surface area contributed by atoms with Crippen molar-refractivity contribution < 1.29 is 19.0 Å². The Balaban J connectivity index is 1.18. The fraction of sp³-hybridized carbons (Fsp3) is 0.520. The molecule has 4 rings (SSSR count). The number of benzene rings is 2. The topological polar surface area (TPSA) is 45.2 Å². The molecule has 0 aliphatic carbocycles. The number of nitrogens with zero attached hydrogens (tertiary/aromatic N) is 2. The first-order chi connectivity index (χ1) is 15.1. The van der Waals surface area contributed by atoms with Gasteiger partial charge < -0.3 is 14.6 Å². The van der Waals surface area contributed by atoms with Gasteiger partial charge in [0, 0.05) is 26.2 Å². The third kappa shape index (κ3) is 6.42. The summed E-state index contributed by atoms with van der Waals surface area (Å²) in [6.07, 6.45) is 3.83. The quantitative estimate of drug-likeness (QED) is 0.660. The molecule has 2 aromatic carbocycles. The van der Waals surface area contributed by atoms with Crippen molar-refractivity contribution in [1.82, 2.24) is 9.80 Å². The van der Waals surface area contributed by atoms with Crippen LogP contribution < -0.4 is 9.47 Å². The monoisotopic (exact) mass is 428 g/mol. The zero-order valence-electron chi connectivity index (χ0n) is 18.1. The second-order valence-electron chi connectivity index (χ2n) is 8.76. The molecule has 5 nitrogen and oxygen atoms in total. The van der Waals surface area contributed by atoms with Gasteiger partial charge in [0.25, 0.3) is 0 Å². The van der Waals surface area contributed by atoms with Gasteiger partial charge in [-0.25, -0.2) is 4.39 Å². The highest BCUT2D eigenvalue weighted by molar-refractivity contribution is 5.27. The normalized spacial score (nSPS) is 19.4. The van der Waals surface area contributed by atoms with Crippen molar-refractivity contribution in [3.63, 3.8) is 0 Å². The Morgan fingerprint density at radius 1 is 0.871 bits per heavy atom. The summed E-state index contributed by atoms with van der Waals surface area (Å²) in [7, 11) is 0. The number of aliphatic hydroxyl groups is 1. The van der Waals surface area contributed by atoms with Crippen LogP contribution in [0.25, 0.3) is 0 Å². The Hall–Kier alpha value is -2.15. The largest absolute Gasteiger partial charge is 0.492 e. The molecule has 0 unspecified atom stereocenters. The summed E-state index contributed by atoms with van der Waals surface area (Å²) in [4.78, 5) is 4.79. The molecular formula is C25H33FN2O3. The van der Waals surface area contributed by atoms with Crippen LogP contribution in [0.4, 0.5) is 4.39 Å². The molecule has 0 amide bonds. The van der Waals surface area contributed by atoms with Gasteiger partial charge in [-0.2, -0.15) is 0 Å². The van der Waals surface area contributed by atoms with Gasteiger partial charge in [-0.05, 0) is 68.6 Å². The summed E-state index contributed by atoms with van der Waals surface area (Å²) < 4.78 is 25.1. The number of ether oxygens (including phenoxy) is 2. The fourth-order valence-corrected chi connectivity index (χ4v) is 4.29. The summed E-state index contributed by atoms with van der Waals surface area (Å²) in [6.45, 7) is 6.66. The molecule has 2 aromatic rings. The summed E-state index contributed by atoms with van der Waals surface area (Å²) in [6, 6.07) is 14.6. The van der Waals surface area contributed by atoms with Crippen LogP contribution in [0.5, 0.6) is 11.5 Å². The third-order valence-electron chi connectivity index (χ3n) is 6.32. The minimum Gasteiger partial charge on any atom is -0.492 e. The zero-order valence-corrected chi connectivity index (χ0v) is 18.1. The van der Waals surface area contributed by atoms with Crippen molar-refractivity contribution in [1.29, 1.82) is 0 Å². The highest BCUT2D eigenvalue weighted by atomic mass is 19.1. The predicted octanol–water partition coefficient (Wildman–Crippen LogP) is 3.71. The molecule has 2 fully saturated rings. The Kier molecular flexibility index (Phi) is 7.43. The summed E-state index contributed by atoms with van der Waals surface area (Å²) >= 11 is 0. The van der Waals surface area contributed by atoms with Crippen LogP contribution in [0.3, 0.4) is 0 Å². The van der Waals surface area contributed by atoms with E-state index >= 15 is 0 Å². The van der Waals surface area contributed by atoms with E-state index < -0.39 is 11.4 Å². The van der Waals surface area contributed by atoms with Crippen LogP contribution in [-0.2, 0) is 6.54 Å². The molecule has 0 atom stereocenters. The van der Waals surface area contributed by atoms with Gasteiger partial charge >= 0.3 is 0 Å². The molecule has 0 spiro atoms. The van der Waals surface area contributed by atoms with Crippen LogP contribution >= 0.6 is 0 Å². The van der Waals surface area contributed by atoms with E-state index in [1.54, 1.807) is 18.2 Å². The van der Waals surface area contributed by atoms with Crippen molar-refractivity contribution in [3.8, 4) is 11.5 Å². The Labute approximate surface area is 184 Å². The number of rotatable bonds is 9. The van der Waals surface area contributed by atoms with Crippen LogP contribution in [0.1, 0.15) is 31.2 Å². The first-order valence-corrected chi connectivity index (χ1v) is 11.4. The maximum Gasteiger partial charge on any atom is 0.165 e. The molecule has 0 aromatic heterocycles. The van der Waals surface area contributed by atoms with E-state index in [9.17, 15) is 9.50 Å². The maximum atomic E-state index is 13.7. The molecule has 2 aliphatic heterocycles. The minimum atomic E-state index is -0.911. The smallest absolute Gasteiger partial charge is 0.165 e. The summed E-state index contributed by atoms with van der Waals surface area (Å²) in [5.41, 5.74) is 0.325. The average molecular weight is 429 g/mol. The Morgan fingerprint density at radius 3 is 2.29 bits per heavy atom. The van der Waals surface area contributed by atoms with E-state index in [1.165, 1.54) is 37.6 Å². The maximum absolute atomic E-state index is 13.7. The van der Waals surface area contributed by atoms with Gasteiger partial charge in [-0.1, -0.05) is 24.3 Å². The Morgan fingerprint density at radius 2 is 1.58 bits per heavy atom. The number of para-hydroxylation sites is 1. The minimum absolute atomic E-state index is 0.116. The van der Waals surface area contributed by atoms with E-state index in [1.807, 2.05) is 12.1 Å². The van der Waals surface area contributed by atoms with Crippen molar-refractivity contribution in [2.45, 2.75) is 37.8 Å². The van der Waals surface area contributed by atoms with Crippen molar-refractivity contribution in [3.05, 3.63) is 59.9 Å². The van der Waals surface area contributed by atoms with E-state index in [4.69, 9.17) is 9.47 Å². The van der Waals surface area contributed by atoms with E-state index in [-0.39, 0.29) is 12.4 Å². The van der Waals surface area contributed by atoms with E-state index in [0.717, 1.165) is 38.5 Å². The first kappa shape index (κ1) is 22.1. The Bertz CT molecular complexity index is 816. The van der Waals surface area contributed by atoms with Gasteiger partial charge in [0.05, 0.1) is 0 Å². The first-order valence-electron chi connectivity index (χ1n) is 11.4. The third-order valence-corrected chi connectivity index (χ3v) is 6.32. The number of halogens is 1. The molecule has 2 heterocycles. The van der Waals surface area contributed by atoms with Crippen molar-refractivity contribution in [2.24, 2.45) is 0 Å². The van der Waals surface area contributed by atoms with Gasteiger partial charge in [-0.3, -0.25) is 9.80 Å². The molecule has 2 saturated heterocycles. The van der Waals surface area contributed by atoms with Crippen LogP contribution in [0, 0.1) is 5.82 Å². The molecule has 2 aliphatic rings. The standard InChI is InChI=1S/C25H33FN2O3/c26-23-5-1-2-6-24(23)31-20-25(29)11-15-28(16-12-25)19-21-7-9-22(10-8-21)30-18-17-27-13-3-4-14-27/h1-2,5-10,29H,3-4,11-20H2. The van der Waals surface area contributed by atoms with Crippen LogP contribution in [-0.4, -0.2) is 66.4 Å². The lowest BCUT2D eigenvalue weighted by molar-refractivity contribution is -0.0543. The molecule has 168 valence electrons. The number of hydrogen-bond acceptors (Lipinski definition) is 5. The lowest BCUT2D eigenvalue weighted by Crippen LogP contribution is -2.47. The molecule has 0 saturated carbocycles.